The first-order valence-electron chi connectivity index (χ1n) is 9.79. The van der Waals surface area contributed by atoms with Gasteiger partial charge in [0.05, 0.1) is 18.2 Å². The third kappa shape index (κ3) is 8.65. The first kappa shape index (κ1) is 22.6. The van der Waals surface area contributed by atoms with Crippen LogP contribution in [0.5, 0.6) is 0 Å². The van der Waals surface area contributed by atoms with Crippen LogP contribution < -0.4 is 0 Å². The van der Waals surface area contributed by atoms with Gasteiger partial charge in [0.2, 0.25) is 0 Å². The monoisotopic (exact) mass is 373 g/mol. The van der Waals surface area contributed by atoms with Crippen molar-refractivity contribution >= 4 is 11.8 Å². The van der Waals surface area contributed by atoms with Crippen LogP contribution in [0.3, 0.4) is 0 Å². The third-order valence-corrected chi connectivity index (χ3v) is 6.02. The van der Waals surface area contributed by atoms with Gasteiger partial charge < -0.3 is 14.9 Å². The summed E-state index contributed by atoms with van der Waals surface area (Å²) in [5, 5.41) is 23.7. The molecule has 0 aliphatic carbocycles. The van der Waals surface area contributed by atoms with E-state index in [0.717, 1.165) is 12.2 Å². The van der Waals surface area contributed by atoms with Crippen molar-refractivity contribution in [3.8, 4) is 0 Å². The van der Waals surface area contributed by atoms with Gasteiger partial charge in [-0.2, -0.15) is 0 Å². The lowest BCUT2D eigenvalue weighted by Gasteiger charge is -2.39. The minimum absolute atomic E-state index is 0.389. The second kappa shape index (κ2) is 13.7. The molecule has 0 unspecified atom stereocenters. The van der Waals surface area contributed by atoms with Crippen LogP contribution in [-0.2, 0) is 4.74 Å². The maximum Gasteiger partial charge on any atom is 0.132 e. The summed E-state index contributed by atoms with van der Waals surface area (Å²) in [6.45, 7) is 4.01. The van der Waals surface area contributed by atoms with Crippen LogP contribution in [0.15, 0.2) is 5.11 Å². The quantitative estimate of drug-likeness (QED) is 0.210. The zero-order valence-electron chi connectivity index (χ0n) is 15.7. The fourth-order valence-electron chi connectivity index (χ4n) is 3.16. The maximum absolute atomic E-state index is 10.1. The normalized spacial score (nSPS) is 29.4. The third-order valence-electron chi connectivity index (χ3n) is 4.77. The SMILES string of the molecule is CCCCCCCCCCCCS[C@@H]1O[C@H](C)[C@@H](N=[N+]=[N-])[C@H](O)[C@H]1O. The lowest BCUT2D eigenvalue weighted by Crippen LogP contribution is -2.54. The smallest absolute Gasteiger partial charge is 0.132 e. The first-order chi connectivity index (χ1) is 12.1. The summed E-state index contributed by atoms with van der Waals surface area (Å²) in [6, 6.07) is -0.728. The van der Waals surface area contributed by atoms with Gasteiger partial charge >= 0.3 is 0 Å². The van der Waals surface area contributed by atoms with Crippen molar-refractivity contribution in [3.05, 3.63) is 10.4 Å². The minimum Gasteiger partial charge on any atom is -0.390 e. The Morgan fingerprint density at radius 3 is 2.08 bits per heavy atom. The van der Waals surface area contributed by atoms with Crippen molar-refractivity contribution in [1.29, 1.82) is 0 Å². The van der Waals surface area contributed by atoms with Gasteiger partial charge in [-0.3, -0.25) is 0 Å². The molecule has 0 saturated carbocycles. The Bertz CT molecular complexity index is 394. The molecule has 1 aliphatic heterocycles. The summed E-state index contributed by atoms with van der Waals surface area (Å²) in [5.41, 5.74) is 8.08. The predicted octanol–water partition coefficient (Wildman–Crippen LogP) is 4.79. The number of nitrogens with zero attached hydrogens (tertiary/aromatic N) is 3. The van der Waals surface area contributed by atoms with E-state index >= 15 is 0 Å². The molecule has 0 aromatic carbocycles. The van der Waals surface area contributed by atoms with Gasteiger partial charge in [-0.15, -0.1) is 11.8 Å². The molecule has 6 nitrogen and oxygen atoms in total. The Balaban J connectivity index is 2.07. The predicted molar refractivity (Wildman–Crippen MR) is 104 cm³/mol. The zero-order valence-corrected chi connectivity index (χ0v) is 16.5. The molecule has 146 valence electrons. The van der Waals surface area contributed by atoms with Crippen molar-refractivity contribution in [1.82, 2.24) is 0 Å². The highest BCUT2D eigenvalue weighted by atomic mass is 32.2. The second-order valence-corrected chi connectivity index (χ2v) is 8.15. The molecule has 0 aromatic rings. The molecule has 5 atom stereocenters. The van der Waals surface area contributed by atoms with Gasteiger partial charge in [0.1, 0.15) is 11.5 Å². The van der Waals surface area contributed by atoms with Crippen LogP contribution >= 0.6 is 11.8 Å². The van der Waals surface area contributed by atoms with Gasteiger partial charge in [-0.1, -0.05) is 69.8 Å². The fraction of sp³-hybridized carbons (Fsp3) is 1.00. The van der Waals surface area contributed by atoms with E-state index in [2.05, 4.69) is 16.9 Å². The maximum atomic E-state index is 10.1. The molecule has 0 spiro atoms. The van der Waals surface area contributed by atoms with E-state index in [0.29, 0.717) is 0 Å². The van der Waals surface area contributed by atoms with Crippen molar-refractivity contribution in [2.75, 3.05) is 5.75 Å². The largest absolute Gasteiger partial charge is 0.390 e. The first-order valence-corrected chi connectivity index (χ1v) is 10.8. The molecule has 2 N–H and O–H groups in total. The number of hydrogen-bond donors (Lipinski definition) is 2. The van der Waals surface area contributed by atoms with Crippen molar-refractivity contribution in [2.45, 2.75) is 108 Å². The minimum atomic E-state index is -1.06. The highest BCUT2D eigenvalue weighted by Crippen LogP contribution is 2.30. The Hall–Kier alpha value is -0.460. The fourth-order valence-corrected chi connectivity index (χ4v) is 4.38. The van der Waals surface area contributed by atoms with Crippen molar-refractivity contribution < 1.29 is 14.9 Å². The molecule has 1 aliphatic rings. The van der Waals surface area contributed by atoms with Crippen molar-refractivity contribution in [2.24, 2.45) is 5.11 Å². The van der Waals surface area contributed by atoms with E-state index in [9.17, 15) is 10.2 Å². The topological polar surface area (TPSA) is 98.5 Å². The molecule has 1 fully saturated rings. The molecule has 0 radical (unpaired) electrons. The van der Waals surface area contributed by atoms with E-state index in [-0.39, 0.29) is 6.10 Å². The lowest BCUT2D eigenvalue weighted by atomic mass is 9.99. The van der Waals surface area contributed by atoms with Gasteiger partial charge in [0.25, 0.3) is 0 Å². The van der Waals surface area contributed by atoms with Crippen LogP contribution in [0.2, 0.25) is 0 Å². The molecule has 7 heteroatoms. The van der Waals surface area contributed by atoms with Gasteiger partial charge in [0.15, 0.2) is 0 Å². The molecule has 1 saturated heterocycles. The Morgan fingerprint density at radius 2 is 1.52 bits per heavy atom. The number of unbranched alkanes of at least 4 members (excludes halogenated alkanes) is 9. The molecule has 1 rings (SSSR count). The molecule has 25 heavy (non-hydrogen) atoms. The standard InChI is InChI=1S/C18H35N3O3S/c1-3-4-5-6-7-8-9-10-11-12-13-25-18-17(23)16(22)15(20-21-19)14(2)24-18/h14-18,22-23H,3-13H2,1-2H3/t14-,15-,16+,17-,18+/m1/s1. The average molecular weight is 374 g/mol. The van der Waals surface area contributed by atoms with Gasteiger partial charge in [0, 0.05) is 4.91 Å². The Kier molecular flexibility index (Phi) is 12.4. The Morgan fingerprint density at radius 1 is 0.960 bits per heavy atom. The van der Waals surface area contributed by atoms with Crippen LogP contribution in [0.25, 0.3) is 10.4 Å². The second-order valence-electron chi connectivity index (χ2n) is 6.94. The number of azide groups is 1. The van der Waals surface area contributed by atoms with E-state index in [1.807, 2.05) is 0 Å². The summed E-state index contributed by atoms with van der Waals surface area (Å²) in [4.78, 5) is 2.72. The summed E-state index contributed by atoms with van der Waals surface area (Å²) >= 11 is 1.54. The molecule has 1 heterocycles. The summed E-state index contributed by atoms with van der Waals surface area (Å²) < 4.78 is 5.71. The zero-order chi connectivity index (χ0) is 18.5. The van der Waals surface area contributed by atoms with Crippen molar-refractivity contribution in [3.63, 3.8) is 0 Å². The summed E-state index contributed by atoms with van der Waals surface area (Å²) in [7, 11) is 0. The number of aliphatic hydroxyl groups excluding tert-OH is 2. The van der Waals surface area contributed by atoms with Gasteiger partial charge in [-0.25, -0.2) is 0 Å². The van der Waals surface area contributed by atoms with E-state index in [4.69, 9.17) is 10.3 Å². The van der Waals surface area contributed by atoms with Crippen LogP contribution in [-0.4, -0.2) is 45.8 Å². The van der Waals surface area contributed by atoms with Crippen LogP contribution in [0.4, 0.5) is 0 Å². The average Bonchev–Trinajstić information content (AvgIpc) is 2.60. The molecular weight excluding hydrogens is 338 g/mol. The lowest BCUT2D eigenvalue weighted by molar-refractivity contribution is -0.141. The number of aliphatic hydroxyl groups is 2. The number of ether oxygens (including phenoxy) is 1. The molecule has 0 bridgehead atoms. The number of hydrogen-bond acceptors (Lipinski definition) is 5. The van der Waals surface area contributed by atoms with Crippen LogP contribution in [0, 0.1) is 0 Å². The summed E-state index contributed by atoms with van der Waals surface area (Å²) in [6.07, 6.45) is 10.5. The Labute approximate surface area is 156 Å². The highest BCUT2D eigenvalue weighted by Gasteiger charge is 2.42. The summed E-state index contributed by atoms with van der Waals surface area (Å²) in [5.74, 6) is 0.907. The molecule has 0 amide bonds. The number of thioether (sulfide) groups is 1. The van der Waals surface area contributed by atoms with Gasteiger partial charge in [-0.05, 0) is 24.6 Å². The van der Waals surface area contributed by atoms with E-state index < -0.39 is 23.7 Å². The van der Waals surface area contributed by atoms with E-state index in [1.165, 1.54) is 57.8 Å². The highest BCUT2D eigenvalue weighted by molar-refractivity contribution is 7.99. The molecule has 0 aromatic heterocycles. The number of rotatable bonds is 13. The van der Waals surface area contributed by atoms with E-state index in [1.54, 1.807) is 18.7 Å². The van der Waals surface area contributed by atoms with Crippen LogP contribution in [0.1, 0.15) is 78.1 Å². The molecular formula is C18H35N3O3S.